The zero-order chi connectivity index (χ0) is 53.4. The van der Waals surface area contributed by atoms with Crippen LogP contribution in [0.4, 0.5) is 9.59 Å². The Hall–Kier alpha value is -4.21. The lowest BCUT2D eigenvalue weighted by Crippen LogP contribution is -2.67. The number of nitrogens with one attached hydrogen (secondary N) is 2. The van der Waals surface area contributed by atoms with Crippen molar-refractivity contribution in [3.8, 4) is 0 Å². The zero-order valence-corrected chi connectivity index (χ0v) is 45.7. The van der Waals surface area contributed by atoms with Gasteiger partial charge in [0.15, 0.2) is 0 Å². The summed E-state index contributed by atoms with van der Waals surface area (Å²) in [6, 6.07) is 6.79. The van der Waals surface area contributed by atoms with Crippen molar-refractivity contribution in [3.05, 3.63) is 68.8 Å². The molecule has 2 amide bonds. The van der Waals surface area contributed by atoms with Gasteiger partial charge in [0.1, 0.15) is 12.2 Å². The molecule has 15 nitrogen and oxygen atoms in total. The van der Waals surface area contributed by atoms with E-state index in [1.54, 1.807) is 12.5 Å². The van der Waals surface area contributed by atoms with Gasteiger partial charge in [-0.25, -0.2) is 19.2 Å². The van der Waals surface area contributed by atoms with Gasteiger partial charge in [-0.2, -0.15) is 0 Å². The summed E-state index contributed by atoms with van der Waals surface area (Å²) in [5.74, 6) is 1.30. The highest BCUT2D eigenvalue weighted by molar-refractivity contribution is 5.68. The van der Waals surface area contributed by atoms with Crippen LogP contribution in [-0.4, -0.2) is 94.5 Å². The maximum Gasteiger partial charge on any atom is 0.410 e. The highest BCUT2D eigenvalue weighted by Gasteiger charge is 2.74. The molecule has 8 saturated carbocycles. The zero-order valence-electron chi connectivity index (χ0n) is 45.7. The van der Waals surface area contributed by atoms with Crippen molar-refractivity contribution < 1.29 is 48.0 Å². The molecule has 414 valence electrons. The Bertz CT molecular complexity index is 2540. The van der Waals surface area contributed by atoms with Gasteiger partial charge in [0.25, 0.3) is 0 Å². The van der Waals surface area contributed by atoms with Crippen molar-refractivity contribution >= 4 is 18.2 Å². The van der Waals surface area contributed by atoms with E-state index in [1.165, 1.54) is 12.1 Å². The third kappa shape index (κ3) is 8.81. The highest BCUT2D eigenvalue weighted by Crippen LogP contribution is 2.77. The molecule has 0 radical (unpaired) electrons. The summed E-state index contributed by atoms with van der Waals surface area (Å²) in [5.41, 5.74) is -0.774. The molecular formula is C60H87N3O12. The summed E-state index contributed by atoms with van der Waals surface area (Å²) in [4.78, 5) is 60.7. The quantitative estimate of drug-likeness (QED) is 0.156. The lowest BCUT2D eigenvalue weighted by Gasteiger charge is -2.68. The fourth-order valence-electron chi connectivity index (χ4n) is 19.7. The molecule has 1 aliphatic heterocycles. The third-order valence-electron chi connectivity index (χ3n) is 23.9. The summed E-state index contributed by atoms with van der Waals surface area (Å²) >= 11 is 0. The van der Waals surface area contributed by atoms with Crippen LogP contribution in [-0.2, 0) is 14.3 Å². The first-order chi connectivity index (χ1) is 35.5. The van der Waals surface area contributed by atoms with Crippen molar-refractivity contribution in [2.45, 2.75) is 205 Å². The molecule has 8 aliphatic carbocycles. The number of hydrogen-bond donors (Lipinski definition) is 5. The number of amides is 2. The van der Waals surface area contributed by atoms with Crippen LogP contribution in [0.2, 0.25) is 0 Å². The molecule has 2 aromatic heterocycles. The first kappa shape index (κ1) is 54.2. The first-order valence-electron chi connectivity index (χ1n) is 29.0. The number of ether oxygens (including phenoxy) is 2. The molecule has 11 rings (SSSR count). The minimum absolute atomic E-state index is 0.00496. The Morgan fingerprint density at radius 1 is 0.627 bits per heavy atom. The monoisotopic (exact) mass is 1040 g/mol. The van der Waals surface area contributed by atoms with Crippen LogP contribution in [0.15, 0.2) is 55.2 Å². The largest absolute Gasteiger partial charge is 0.481 e. The molecule has 0 unspecified atom stereocenters. The molecule has 9 aliphatic rings. The lowest BCUT2D eigenvalue weighted by atomic mass is 9.38. The van der Waals surface area contributed by atoms with Crippen molar-refractivity contribution in [1.29, 1.82) is 0 Å². The predicted octanol–water partition coefficient (Wildman–Crippen LogP) is 9.91. The average molecular weight is 1040 g/mol. The summed E-state index contributed by atoms with van der Waals surface area (Å²) < 4.78 is 22.3. The van der Waals surface area contributed by atoms with Crippen LogP contribution in [0.1, 0.15) is 193 Å². The summed E-state index contributed by atoms with van der Waals surface area (Å²) in [6.07, 6.45) is 20.0. The second-order valence-electron chi connectivity index (χ2n) is 26.8. The van der Waals surface area contributed by atoms with Gasteiger partial charge in [-0.1, -0.05) is 41.5 Å². The van der Waals surface area contributed by atoms with Gasteiger partial charge in [0, 0.05) is 72.9 Å². The molecule has 16 atom stereocenters. The minimum atomic E-state index is -0.870. The topological polar surface area (TPSA) is 218 Å². The molecule has 3 heterocycles. The SMILES string of the molecule is C[C@]12CC[C@H](OC(=O)N3CCNCC3)C[C@H]1CC[C@]1(C)[C@@H]2CC[C@]2(C)[C@@H](c3ccc(=O)oc3)CC[C@@]21O.C[C@]12CC[C@H](OC(=O)NCCCC(=O)O)C[C@H]1CC[C@]1(C)[C@@H]2CC[C@]2(C)[C@@H](c3ccc(=O)oc3)CC[C@@]21O. The van der Waals surface area contributed by atoms with E-state index in [9.17, 15) is 34.2 Å². The maximum atomic E-state index is 12.8. The molecule has 0 aromatic carbocycles. The number of carbonyl (C=O) groups is 3. The number of alkyl carbamates (subject to hydrolysis) is 1. The Kier molecular flexibility index (Phi) is 14.4. The lowest BCUT2D eigenvalue weighted by molar-refractivity contribution is -0.254. The van der Waals surface area contributed by atoms with Crippen LogP contribution in [0.25, 0.3) is 0 Å². The maximum absolute atomic E-state index is 12.8. The van der Waals surface area contributed by atoms with E-state index in [4.69, 9.17) is 23.4 Å². The van der Waals surface area contributed by atoms with Crippen LogP contribution < -0.4 is 21.9 Å². The summed E-state index contributed by atoms with van der Waals surface area (Å²) in [6.45, 7) is 17.5. The molecule has 0 bridgehead atoms. The van der Waals surface area contributed by atoms with Crippen molar-refractivity contribution in [2.75, 3.05) is 32.7 Å². The summed E-state index contributed by atoms with van der Waals surface area (Å²) in [7, 11) is 0. The Labute approximate surface area is 443 Å². The van der Waals surface area contributed by atoms with E-state index in [0.29, 0.717) is 36.6 Å². The fraction of sp³-hybridized carbons (Fsp3) is 0.783. The minimum Gasteiger partial charge on any atom is -0.481 e. The normalized spacial score (nSPS) is 43.7. The van der Waals surface area contributed by atoms with Gasteiger partial charge >= 0.3 is 29.4 Å². The number of piperazine rings is 1. The average Bonchev–Trinajstić information content (AvgIpc) is 3.96. The highest BCUT2D eigenvalue weighted by atomic mass is 16.6. The van der Waals surface area contributed by atoms with Crippen LogP contribution in [0.5, 0.6) is 0 Å². The third-order valence-corrected chi connectivity index (χ3v) is 23.9. The molecule has 5 N–H and O–H groups in total. The van der Waals surface area contributed by atoms with Crippen LogP contribution in [0, 0.1) is 56.2 Å². The van der Waals surface area contributed by atoms with E-state index < -0.39 is 23.3 Å². The number of hydrogen-bond acceptors (Lipinski definition) is 12. The molecule has 9 fully saturated rings. The number of aliphatic carboxylic acids is 1. The molecule has 0 spiro atoms. The second-order valence-corrected chi connectivity index (χ2v) is 26.8. The van der Waals surface area contributed by atoms with Gasteiger partial charge in [0.2, 0.25) is 0 Å². The Morgan fingerprint density at radius 3 is 1.55 bits per heavy atom. The van der Waals surface area contributed by atoms with Gasteiger partial charge in [0.05, 0.1) is 23.7 Å². The number of aliphatic hydroxyl groups is 2. The number of rotatable bonds is 8. The van der Waals surface area contributed by atoms with E-state index >= 15 is 0 Å². The second kappa shape index (κ2) is 19.9. The molecule has 15 heteroatoms. The van der Waals surface area contributed by atoms with E-state index in [0.717, 1.165) is 153 Å². The van der Waals surface area contributed by atoms with Crippen molar-refractivity contribution in [2.24, 2.45) is 56.2 Å². The van der Waals surface area contributed by atoms with Crippen LogP contribution in [0.3, 0.4) is 0 Å². The Morgan fingerprint density at radius 2 is 1.09 bits per heavy atom. The summed E-state index contributed by atoms with van der Waals surface area (Å²) in [5, 5.41) is 40.0. The van der Waals surface area contributed by atoms with Gasteiger partial charge < -0.3 is 49.2 Å². The number of carboxylic acids is 1. The number of carboxylic acid groups (broad SMARTS) is 1. The van der Waals surface area contributed by atoms with Crippen LogP contribution >= 0.6 is 0 Å². The van der Waals surface area contributed by atoms with E-state index in [1.807, 2.05) is 17.0 Å². The van der Waals surface area contributed by atoms with Gasteiger partial charge in [-0.3, -0.25) is 4.79 Å². The van der Waals surface area contributed by atoms with Crippen molar-refractivity contribution in [3.63, 3.8) is 0 Å². The predicted molar refractivity (Wildman–Crippen MR) is 281 cm³/mol. The number of nitrogens with zero attached hydrogens (tertiary/aromatic N) is 1. The molecule has 1 saturated heterocycles. The molecular weight excluding hydrogens is 955 g/mol. The molecule has 2 aromatic rings. The van der Waals surface area contributed by atoms with E-state index in [-0.39, 0.29) is 80.3 Å². The van der Waals surface area contributed by atoms with Gasteiger partial charge in [-0.05, 0) is 192 Å². The fourth-order valence-corrected chi connectivity index (χ4v) is 19.7. The first-order valence-corrected chi connectivity index (χ1v) is 29.0. The Balaban J connectivity index is 0.000000171. The van der Waals surface area contributed by atoms with Crippen molar-refractivity contribution in [1.82, 2.24) is 15.5 Å². The molecule has 75 heavy (non-hydrogen) atoms. The van der Waals surface area contributed by atoms with Gasteiger partial charge in [-0.15, -0.1) is 0 Å². The smallest absolute Gasteiger partial charge is 0.410 e. The standard InChI is InChI=1S/C30H44N2O5.C30H43NO7/c1-27-10-7-22(37-26(34)32-16-14-31-15-17-32)18-21(27)6-11-29(3)24(27)9-12-28(2)23(8-13-30(28,29)35)20-4-5-25(33)36-19-20;1-27-12-9-21(38-26(35)31-16-4-5-24(32)33)17-20(27)8-13-29(3)23(27)11-14-28(2)22(10-15-30(28,29)36)19-6-7-25(34)37-18-19/h4-5,19,21-24,31,35H,6-18H2,1-3H3;6-7,18,20-23,36H,4-5,8-17H2,1-3H3,(H,31,35)(H,32,33)/t21-,22+,23-,24-,27+,28-,29-,30-;20-,21+,22-,23-,27+,28-,29-,30-/m11/s1. The number of fused-ring (bicyclic) bond motifs is 10. The number of carbonyl (C=O) groups excluding carboxylic acids is 2. The van der Waals surface area contributed by atoms with E-state index in [2.05, 4.69) is 52.2 Å².